The van der Waals surface area contributed by atoms with Crippen molar-refractivity contribution in [3.63, 3.8) is 0 Å². The summed E-state index contributed by atoms with van der Waals surface area (Å²) in [5.41, 5.74) is 1.51. The van der Waals surface area contributed by atoms with Gasteiger partial charge in [0.05, 0.1) is 5.69 Å². The van der Waals surface area contributed by atoms with Crippen LogP contribution in [0.3, 0.4) is 0 Å². The van der Waals surface area contributed by atoms with Crippen LogP contribution in [0.15, 0.2) is 53.0 Å². The number of urea groups is 1. The van der Waals surface area contributed by atoms with Gasteiger partial charge in [0.1, 0.15) is 6.04 Å². The molecule has 3 rings (SSSR count). The van der Waals surface area contributed by atoms with Crippen LogP contribution < -0.4 is 4.90 Å². The van der Waals surface area contributed by atoms with Gasteiger partial charge in [0.2, 0.25) is 0 Å². The van der Waals surface area contributed by atoms with Gasteiger partial charge in [0.15, 0.2) is 0 Å². The van der Waals surface area contributed by atoms with Crippen molar-refractivity contribution < 1.29 is 9.59 Å². The van der Waals surface area contributed by atoms with Crippen molar-refractivity contribution in [1.82, 2.24) is 4.90 Å². The zero-order valence-corrected chi connectivity index (χ0v) is 14.7. The van der Waals surface area contributed by atoms with E-state index in [1.807, 2.05) is 24.3 Å². The Morgan fingerprint density at radius 1 is 1.04 bits per heavy atom. The number of hydrogen-bond donors (Lipinski definition) is 0. The van der Waals surface area contributed by atoms with Crippen molar-refractivity contribution in [3.8, 4) is 0 Å². The Balaban J connectivity index is 1.85. The van der Waals surface area contributed by atoms with E-state index in [1.165, 1.54) is 4.90 Å². The molecule has 0 bridgehead atoms. The fourth-order valence-electron chi connectivity index (χ4n) is 2.53. The molecule has 0 N–H and O–H groups in total. The van der Waals surface area contributed by atoms with Gasteiger partial charge in [-0.25, -0.2) is 9.69 Å². The van der Waals surface area contributed by atoms with Crippen LogP contribution in [0.4, 0.5) is 10.5 Å². The molecule has 0 saturated carbocycles. The molecule has 2 aromatic rings. The third kappa shape index (κ3) is 3.12. The van der Waals surface area contributed by atoms with E-state index >= 15 is 0 Å². The highest BCUT2D eigenvalue weighted by Gasteiger charge is 2.43. The maximum Gasteiger partial charge on any atom is 0.332 e. The van der Waals surface area contributed by atoms with E-state index in [-0.39, 0.29) is 11.9 Å². The van der Waals surface area contributed by atoms with E-state index in [4.69, 9.17) is 11.6 Å². The third-order valence-corrected chi connectivity index (χ3v) is 4.61. The molecule has 1 aliphatic rings. The zero-order valence-electron chi connectivity index (χ0n) is 12.4. The lowest BCUT2D eigenvalue weighted by molar-refractivity contribution is -0.119. The first kappa shape index (κ1) is 16.0. The van der Waals surface area contributed by atoms with E-state index in [9.17, 15) is 9.59 Å². The first-order valence-corrected chi connectivity index (χ1v) is 8.29. The predicted molar refractivity (Wildman–Crippen MR) is 93.5 cm³/mol. The van der Waals surface area contributed by atoms with Gasteiger partial charge in [0, 0.05) is 16.0 Å². The minimum atomic E-state index is -0.498. The molecule has 0 spiro atoms. The van der Waals surface area contributed by atoms with Crippen LogP contribution in [0.2, 0.25) is 5.02 Å². The van der Waals surface area contributed by atoms with Gasteiger partial charge in [-0.15, -0.1) is 0 Å². The molecule has 0 unspecified atom stereocenters. The number of anilines is 1. The van der Waals surface area contributed by atoms with Crippen LogP contribution in [0.1, 0.15) is 12.5 Å². The molecule has 23 heavy (non-hydrogen) atoms. The summed E-state index contributed by atoms with van der Waals surface area (Å²) in [5, 5.41) is 0.563. The number of amides is 3. The van der Waals surface area contributed by atoms with E-state index in [2.05, 4.69) is 15.9 Å². The normalized spacial score (nSPS) is 18.0. The molecule has 6 heteroatoms. The average molecular weight is 394 g/mol. The second kappa shape index (κ2) is 6.34. The van der Waals surface area contributed by atoms with Crippen molar-refractivity contribution in [2.24, 2.45) is 0 Å². The van der Waals surface area contributed by atoms with Crippen molar-refractivity contribution in [2.45, 2.75) is 19.5 Å². The minimum absolute atomic E-state index is 0.227. The minimum Gasteiger partial charge on any atom is -0.308 e. The molecule has 2 aromatic carbocycles. The highest BCUT2D eigenvalue weighted by molar-refractivity contribution is 9.10. The number of benzene rings is 2. The summed E-state index contributed by atoms with van der Waals surface area (Å²) < 4.78 is 0.973. The van der Waals surface area contributed by atoms with Gasteiger partial charge in [-0.1, -0.05) is 39.7 Å². The fourth-order valence-corrected chi connectivity index (χ4v) is 2.92. The predicted octanol–water partition coefficient (Wildman–Crippen LogP) is 4.46. The summed E-state index contributed by atoms with van der Waals surface area (Å²) in [6.07, 6.45) is 0. The lowest BCUT2D eigenvalue weighted by Crippen LogP contribution is -2.33. The van der Waals surface area contributed by atoms with Gasteiger partial charge >= 0.3 is 6.03 Å². The van der Waals surface area contributed by atoms with Crippen molar-refractivity contribution in [2.75, 3.05) is 4.90 Å². The molecule has 1 heterocycles. The highest BCUT2D eigenvalue weighted by atomic mass is 79.9. The van der Waals surface area contributed by atoms with Gasteiger partial charge in [-0.3, -0.25) is 4.79 Å². The van der Waals surface area contributed by atoms with Crippen molar-refractivity contribution in [3.05, 3.63) is 63.6 Å². The maximum absolute atomic E-state index is 12.7. The largest absolute Gasteiger partial charge is 0.332 e. The number of imide groups is 1. The quantitative estimate of drug-likeness (QED) is 0.722. The molecule has 1 atom stereocenters. The second-order valence-electron chi connectivity index (χ2n) is 5.36. The molecule has 4 nitrogen and oxygen atoms in total. The summed E-state index contributed by atoms with van der Waals surface area (Å²) in [6, 6.07) is 13.6. The fraction of sp³-hybridized carbons (Fsp3) is 0.176. The average Bonchev–Trinajstić information content (AvgIpc) is 2.74. The Hall–Kier alpha value is -1.85. The van der Waals surface area contributed by atoms with E-state index in [1.54, 1.807) is 36.1 Å². The summed E-state index contributed by atoms with van der Waals surface area (Å²) in [4.78, 5) is 27.9. The van der Waals surface area contributed by atoms with E-state index < -0.39 is 6.04 Å². The number of nitrogens with zero attached hydrogens (tertiary/aromatic N) is 2. The van der Waals surface area contributed by atoms with Crippen LogP contribution in [-0.2, 0) is 11.3 Å². The molecule has 0 aliphatic carbocycles. The lowest BCUT2D eigenvalue weighted by atomic mass is 10.2. The first-order valence-electron chi connectivity index (χ1n) is 7.12. The molecular weight excluding hydrogens is 380 g/mol. The summed E-state index contributed by atoms with van der Waals surface area (Å²) >= 11 is 9.25. The third-order valence-electron chi connectivity index (χ3n) is 3.83. The Morgan fingerprint density at radius 3 is 2.26 bits per heavy atom. The molecule has 1 fully saturated rings. The Morgan fingerprint density at radius 2 is 1.65 bits per heavy atom. The maximum atomic E-state index is 12.7. The number of carbonyl (C=O) groups is 2. The van der Waals surface area contributed by atoms with Crippen molar-refractivity contribution >= 4 is 45.2 Å². The second-order valence-corrected chi connectivity index (χ2v) is 6.72. The van der Waals surface area contributed by atoms with Gasteiger partial charge in [0.25, 0.3) is 5.91 Å². The van der Waals surface area contributed by atoms with Crippen LogP contribution in [0.5, 0.6) is 0 Å². The first-order chi connectivity index (χ1) is 11.0. The number of rotatable bonds is 3. The highest BCUT2D eigenvalue weighted by Crippen LogP contribution is 2.27. The monoisotopic (exact) mass is 392 g/mol. The van der Waals surface area contributed by atoms with Gasteiger partial charge < -0.3 is 4.90 Å². The Bertz CT molecular complexity index is 746. The van der Waals surface area contributed by atoms with Gasteiger partial charge in [-0.2, -0.15) is 0 Å². The Labute approximate surface area is 147 Å². The molecule has 1 aliphatic heterocycles. The summed E-state index contributed by atoms with van der Waals surface area (Å²) in [5.74, 6) is -0.227. The molecule has 0 radical (unpaired) electrons. The molecule has 1 saturated heterocycles. The SMILES string of the molecule is C[C@H]1C(=O)N(c2ccc(Cl)cc2)C(=O)N1Cc1ccc(Br)cc1. The molecule has 3 amide bonds. The lowest BCUT2D eigenvalue weighted by Gasteiger charge is -2.19. The Kier molecular flexibility index (Phi) is 4.41. The van der Waals surface area contributed by atoms with Crippen LogP contribution >= 0.6 is 27.5 Å². The number of carbonyl (C=O) groups excluding carboxylic acids is 2. The molecular formula is C17H14BrClN2O2. The van der Waals surface area contributed by atoms with Crippen LogP contribution in [-0.4, -0.2) is 22.9 Å². The summed E-state index contributed by atoms with van der Waals surface area (Å²) in [7, 11) is 0. The van der Waals surface area contributed by atoms with Crippen molar-refractivity contribution in [1.29, 1.82) is 0 Å². The smallest absolute Gasteiger partial charge is 0.308 e. The van der Waals surface area contributed by atoms with E-state index in [0.717, 1.165) is 10.0 Å². The standard InChI is InChI=1S/C17H14BrClN2O2/c1-11-16(22)21(15-8-6-14(19)7-9-15)17(23)20(11)10-12-2-4-13(18)5-3-12/h2-9,11H,10H2,1H3/t11-/m0/s1. The number of hydrogen-bond acceptors (Lipinski definition) is 2. The topological polar surface area (TPSA) is 40.6 Å². The molecule has 118 valence electrons. The summed E-state index contributed by atoms with van der Waals surface area (Å²) in [6.45, 7) is 2.14. The van der Waals surface area contributed by atoms with Crippen LogP contribution in [0.25, 0.3) is 0 Å². The van der Waals surface area contributed by atoms with Crippen LogP contribution in [0, 0.1) is 0 Å². The number of halogens is 2. The van der Waals surface area contributed by atoms with E-state index in [0.29, 0.717) is 17.3 Å². The zero-order chi connectivity index (χ0) is 16.6. The van der Waals surface area contributed by atoms with Gasteiger partial charge in [-0.05, 0) is 48.9 Å². The molecule has 0 aromatic heterocycles.